The Morgan fingerprint density at radius 3 is 2.76 bits per heavy atom. The minimum Gasteiger partial charge on any atom is -0.460 e. The van der Waals surface area contributed by atoms with Crippen LogP contribution in [0.5, 0.6) is 0 Å². The third kappa shape index (κ3) is 2.03. The molecule has 2 aromatic carbocycles. The second kappa shape index (κ2) is 5.73. The molecule has 4 unspecified atom stereocenters. The van der Waals surface area contributed by atoms with E-state index in [2.05, 4.69) is 37.4 Å². The summed E-state index contributed by atoms with van der Waals surface area (Å²) >= 11 is 0. The fraction of sp³-hybridized carbons (Fsp3) is 0.310. The highest BCUT2D eigenvalue weighted by atomic mass is 19.1. The summed E-state index contributed by atoms with van der Waals surface area (Å²) in [5.41, 5.74) is 6.09. The number of furan rings is 1. The van der Waals surface area contributed by atoms with Gasteiger partial charge >= 0.3 is 0 Å². The average molecular weight is 433 g/mol. The fourth-order valence-electron chi connectivity index (χ4n) is 7.14. The Balaban J connectivity index is 1.58. The third-order valence-electron chi connectivity index (χ3n) is 8.88. The molecular formula is C29H25BFNO. The van der Waals surface area contributed by atoms with Crippen molar-refractivity contribution in [2.24, 2.45) is 5.92 Å². The largest absolute Gasteiger partial charge is 0.460 e. The van der Waals surface area contributed by atoms with Crippen LogP contribution in [0.25, 0.3) is 28.3 Å². The second-order valence-electron chi connectivity index (χ2n) is 10.4. The zero-order valence-electron chi connectivity index (χ0n) is 19.3. The number of hydrogen-bond donors (Lipinski definition) is 1. The number of fused-ring (bicyclic) bond motifs is 8. The smallest absolute Gasteiger partial charge is 0.144 e. The lowest BCUT2D eigenvalue weighted by Crippen LogP contribution is -2.45. The molecule has 7 rings (SSSR count). The Kier molecular flexibility index (Phi) is 3.38. The molecule has 1 saturated carbocycles. The van der Waals surface area contributed by atoms with Gasteiger partial charge in [-0.25, -0.2) is 4.39 Å². The minimum absolute atomic E-state index is 0.0672. The summed E-state index contributed by atoms with van der Waals surface area (Å²) < 4.78 is 22.6. The van der Waals surface area contributed by atoms with Crippen LogP contribution in [0, 0.1) is 12.8 Å². The maximum absolute atomic E-state index is 16.3. The van der Waals surface area contributed by atoms with Gasteiger partial charge in [0.05, 0.1) is 5.54 Å². The molecule has 2 nitrogen and oxygen atoms in total. The zero-order valence-corrected chi connectivity index (χ0v) is 19.3. The molecule has 1 fully saturated rings. The Morgan fingerprint density at radius 1 is 1.18 bits per heavy atom. The first kappa shape index (κ1) is 19.5. The highest BCUT2D eigenvalue weighted by molar-refractivity contribution is 6.21. The molecule has 0 amide bonds. The van der Waals surface area contributed by atoms with E-state index in [4.69, 9.17) is 12.3 Å². The van der Waals surface area contributed by atoms with Gasteiger partial charge in [-0.2, -0.15) is 0 Å². The van der Waals surface area contributed by atoms with E-state index >= 15 is 4.39 Å². The lowest BCUT2D eigenvalue weighted by atomic mass is 9.74. The van der Waals surface area contributed by atoms with Crippen LogP contribution < -0.4 is 5.32 Å². The lowest BCUT2D eigenvalue weighted by molar-refractivity contribution is 0.347. The van der Waals surface area contributed by atoms with Crippen LogP contribution in [0.15, 0.2) is 58.5 Å². The van der Waals surface area contributed by atoms with Crippen molar-refractivity contribution in [1.82, 2.24) is 5.32 Å². The van der Waals surface area contributed by atoms with E-state index in [1.807, 2.05) is 50.3 Å². The van der Waals surface area contributed by atoms with Crippen LogP contribution in [0.3, 0.4) is 0 Å². The van der Waals surface area contributed by atoms with E-state index in [-0.39, 0.29) is 16.9 Å². The Hall–Kier alpha value is -3.01. The van der Waals surface area contributed by atoms with Crippen LogP contribution in [0.4, 0.5) is 4.39 Å². The molecule has 4 atom stereocenters. The first-order chi connectivity index (χ1) is 15.7. The molecule has 4 aliphatic rings. The van der Waals surface area contributed by atoms with Crippen LogP contribution in [-0.2, 0) is 11.0 Å². The lowest BCUT2D eigenvalue weighted by Gasteiger charge is -2.37. The van der Waals surface area contributed by atoms with Gasteiger partial charge in [0, 0.05) is 33.5 Å². The maximum Gasteiger partial charge on any atom is 0.144 e. The Labute approximate surface area is 194 Å². The number of rotatable bonds is 1. The summed E-state index contributed by atoms with van der Waals surface area (Å²) in [6.45, 7) is 8.58. The third-order valence-corrected chi connectivity index (χ3v) is 8.88. The summed E-state index contributed by atoms with van der Waals surface area (Å²) in [5, 5.41) is 4.97. The average Bonchev–Trinajstić information content (AvgIpc) is 3.26. The van der Waals surface area contributed by atoms with E-state index < -0.39 is 5.57 Å². The van der Waals surface area contributed by atoms with Crippen molar-refractivity contribution >= 4 is 36.2 Å². The van der Waals surface area contributed by atoms with E-state index in [0.29, 0.717) is 11.1 Å². The summed E-state index contributed by atoms with van der Waals surface area (Å²) in [6, 6.07) is 12.1. The van der Waals surface area contributed by atoms with E-state index in [0.717, 1.165) is 51.1 Å². The topological polar surface area (TPSA) is 25.2 Å². The van der Waals surface area contributed by atoms with Crippen molar-refractivity contribution in [3.8, 4) is 0 Å². The molecule has 4 heteroatoms. The Morgan fingerprint density at radius 2 is 1.97 bits per heavy atom. The van der Waals surface area contributed by atoms with Gasteiger partial charge < -0.3 is 9.73 Å². The molecule has 2 bridgehead atoms. The normalized spacial score (nSPS) is 33.2. The monoisotopic (exact) mass is 433 g/mol. The van der Waals surface area contributed by atoms with Crippen molar-refractivity contribution in [2.75, 3.05) is 0 Å². The van der Waals surface area contributed by atoms with Gasteiger partial charge in [0.2, 0.25) is 0 Å². The van der Waals surface area contributed by atoms with E-state index in [1.54, 1.807) is 0 Å². The molecule has 33 heavy (non-hydrogen) atoms. The van der Waals surface area contributed by atoms with Crippen molar-refractivity contribution in [1.29, 1.82) is 0 Å². The Bertz CT molecular complexity index is 1510. The number of halogens is 1. The molecule has 1 spiro atoms. The molecule has 2 aliphatic carbocycles. The van der Waals surface area contributed by atoms with Gasteiger partial charge in [-0.1, -0.05) is 62.4 Å². The number of nitrogens with one attached hydrogen (secondary N) is 1. The fourth-order valence-corrected chi connectivity index (χ4v) is 7.14. The van der Waals surface area contributed by atoms with Gasteiger partial charge in [0.1, 0.15) is 24.8 Å². The number of aryl methyl sites for hydroxylation is 1. The zero-order chi connectivity index (χ0) is 22.9. The molecular weight excluding hydrogens is 408 g/mol. The van der Waals surface area contributed by atoms with Crippen molar-refractivity contribution in [3.05, 3.63) is 87.7 Å². The first-order valence-corrected chi connectivity index (χ1v) is 11.8. The number of allylic oxidation sites excluding steroid dienone is 3. The van der Waals surface area contributed by atoms with Crippen molar-refractivity contribution in [2.45, 2.75) is 50.6 Å². The molecule has 1 N–H and O–H groups in total. The standard InChI is InChI=1S/C29H25BFNO/c1-5-8-17-16(3)33-26-18(17)11-12-21-25(26)23-13-22-24(15(2)28(32-23)14-27(21,28)4)19-9-6-7-10-20(19)29(22,30)31/h5-13,15,32H,14H2,1-4H3/b8-5-. The molecule has 0 saturated heterocycles. The number of benzene rings is 2. The SMILES string of the molecule is [B]C1(F)C2=C(c3ccccc31)C(C)C13CC1(C)c1ccc4c(/C=C\C)c(C)oc4c1C(=C2)N3. The summed E-state index contributed by atoms with van der Waals surface area (Å²) in [5.74, 6) is 0.998. The van der Waals surface area contributed by atoms with Crippen LogP contribution >= 0.6 is 0 Å². The maximum atomic E-state index is 16.3. The molecule has 2 aliphatic heterocycles. The molecule has 162 valence electrons. The van der Waals surface area contributed by atoms with Crippen molar-refractivity contribution in [3.63, 3.8) is 0 Å². The van der Waals surface area contributed by atoms with Gasteiger partial charge in [-0.15, -0.1) is 0 Å². The summed E-state index contributed by atoms with van der Waals surface area (Å²) in [6.07, 6.45) is 7.08. The summed E-state index contributed by atoms with van der Waals surface area (Å²) in [4.78, 5) is 0. The molecule has 2 radical (unpaired) electrons. The van der Waals surface area contributed by atoms with Crippen LogP contribution in [-0.4, -0.2) is 13.4 Å². The van der Waals surface area contributed by atoms with Gasteiger partial charge in [-0.05, 0) is 54.2 Å². The highest BCUT2D eigenvalue weighted by Crippen LogP contribution is 2.70. The van der Waals surface area contributed by atoms with Crippen LogP contribution in [0.1, 0.15) is 60.8 Å². The molecule has 3 aromatic rings. The van der Waals surface area contributed by atoms with Gasteiger partial charge in [0.15, 0.2) is 0 Å². The van der Waals surface area contributed by atoms with E-state index in [9.17, 15) is 0 Å². The van der Waals surface area contributed by atoms with Crippen molar-refractivity contribution < 1.29 is 8.81 Å². The second-order valence-corrected chi connectivity index (χ2v) is 10.4. The first-order valence-electron chi connectivity index (χ1n) is 11.8. The highest BCUT2D eigenvalue weighted by Gasteiger charge is 2.72. The summed E-state index contributed by atoms with van der Waals surface area (Å²) in [7, 11) is 6.42. The predicted molar refractivity (Wildman–Crippen MR) is 133 cm³/mol. The van der Waals surface area contributed by atoms with Gasteiger partial charge in [-0.3, -0.25) is 0 Å². The number of hydrogen-bond acceptors (Lipinski definition) is 2. The minimum atomic E-state index is -2.02. The molecule has 1 aromatic heterocycles. The van der Waals surface area contributed by atoms with Crippen LogP contribution in [0.2, 0.25) is 0 Å². The van der Waals surface area contributed by atoms with Gasteiger partial charge in [0.25, 0.3) is 0 Å². The molecule has 3 heterocycles. The quantitative estimate of drug-likeness (QED) is 0.442. The number of alkyl halides is 1. The predicted octanol–water partition coefficient (Wildman–Crippen LogP) is 6.53. The van der Waals surface area contributed by atoms with E-state index in [1.165, 1.54) is 5.56 Å².